The van der Waals surface area contributed by atoms with E-state index < -0.39 is 0 Å². The second-order valence-corrected chi connectivity index (χ2v) is 2.76. The van der Waals surface area contributed by atoms with Gasteiger partial charge < -0.3 is 5.73 Å². The first-order valence-electron chi connectivity index (χ1n) is 3.86. The minimum absolute atomic E-state index is 0.609. The molecule has 1 aromatic rings. The summed E-state index contributed by atoms with van der Waals surface area (Å²) in [4.78, 5) is 8.12. The zero-order valence-electron chi connectivity index (χ0n) is 7.41. The molecule has 0 spiro atoms. The summed E-state index contributed by atoms with van der Waals surface area (Å²) in [6.07, 6.45) is 3.60. The Bertz CT molecular complexity index is 288. The average molecular weight is 163 g/mol. The van der Waals surface area contributed by atoms with E-state index in [1.54, 1.807) is 13.1 Å². The predicted molar refractivity (Wildman–Crippen MR) is 50.0 cm³/mol. The molecule has 64 valence electrons. The largest absolute Gasteiger partial charge is 0.388 e. The minimum Gasteiger partial charge on any atom is -0.388 e. The molecule has 0 saturated carbocycles. The highest BCUT2D eigenvalue weighted by Crippen LogP contribution is 2.05. The minimum atomic E-state index is 0.609. The molecular weight excluding hydrogens is 150 g/mol. The summed E-state index contributed by atoms with van der Waals surface area (Å²) in [6, 6.07) is 1.97. The summed E-state index contributed by atoms with van der Waals surface area (Å²) >= 11 is 0. The van der Waals surface area contributed by atoms with Crippen molar-refractivity contribution < 1.29 is 0 Å². The van der Waals surface area contributed by atoms with E-state index >= 15 is 0 Å². The van der Waals surface area contributed by atoms with Crippen LogP contribution in [0.5, 0.6) is 0 Å². The Balaban J connectivity index is 2.76. The van der Waals surface area contributed by atoms with Gasteiger partial charge in [0.2, 0.25) is 0 Å². The zero-order chi connectivity index (χ0) is 8.97. The highest BCUT2D eigenvalue weighted by molar-refractivity contribution is 5.77. The first kappa shape index (κ1) is 8.71. The highest BCUT2D eigenvalue weighted by atomic mass is 14.8. The van der Waals surface area contributed by atoms with Crippen LogP contribution in [0, 0.1) is 6.92 Å². The molecule has 0 unspecified atom stereocenters. The molecule has 0 amide bonds. The molecule has 0 saturated heterocycles. The Morgan fingerprint density at radius 1 is 1.67 bits per heavy atom. The molecular formula is C9H13N3. The van der Waals surface area contributed by atoms with Crippen LogP contribution in [-0.4, -0.2) is 10.8 Å². The molecule has 3 heteroatoms. The van der Waals surface area contributed by atoms with E-state index in [4.69, 9.17) is 5.73 Å². The van der Waals surface area contributed by atoms with E-state index in [1.165, 1.54) is 5.56 Å². The van der Waals surface area contributed by atoms with Gasteiger partial charge in [-0.05, 0) is 31.0 Å². The normalized spacial score (nSPS) is 11.7. The summed E-state index contributed by atoms with van der Waals surface area (Å²) < 4.78 is 0. The highest BCUT2D eigenvalue weighted by Gasteiger charge is 1.94. The first-order chi connectivity index (χ1) is 5.70. The van der Waals surface area contributed by atoms with E-state index in [0.717, 1.165) is 5.56 Å². The number of rotatable bonds is 2. The molecule has 0 atom stereocenters. The van der Waals surface area contributed by atoms with Gasteiger partial charge in [-0.15, -0.1) is 0 Å². The third kappa shape index (κ3) is 2.34. The molecule has 2 N–H and O–H groups in total. The molecule has 0 aromatic carbocycles. The number of hydrogen-bond acceptors (Lipinski definition) is 2. The fourth-order valence-corrected chi connectivity index (χ4v) is 0.872. The number of aryl methyl sites for hydroxylation is 1. The maximum absolute atomic E-state index is 5.42. The van der Waals surface area contributed by atoms with Crippen molar-refractivity contribution in [3.63, 3.8) is 0 Å². The molecule has 12 heavy (non-hydrogen) atoms. The average Bonchev–Trinajstić information content (AvgIpc) is 2.03. The van der Waals surface area contributed by atoms with Crippen LogP contribution in [0.1, 0.15) is 18.1 Å². The van der Waals surface area contributed by atoms with Crippen molar-refractivity contribution in [2.24, 2.45) is 10.7 Å². The zero-order valence-corrected chi connectivity index (χ0v) is 7.41. The molecule has 1 rings (SSSR count). The van der Waals surface area contributed by atoms with Crippen LogP contribution in [0.25, 0.3) is 0 Å². The lowest BCUT2D eigenvalue weighted by Crippen LogP contribution is -2.05. The molecule has 1 aromatic heterocycles. The molecule has 0 aliphatic carbocycles. The smallest absolute Gasteiger partial charge is 0.0909 e. The Hall–Kier alpha value is -1.38. The van der Waals surface area contributed by atoms with Gasteiger partial charge in [0.15, 0.2) is 0 Å². The lowest BCUT2D eigenvalue weighted by molar-refractivity contribution is 1.02. The van der Waals surface area contributed by atoms with Crippen LogP contribution >= 0.6 is 0 Å². The van der Waals surface area contributed by atoms with Gasteiger partial charge in [-0.2, -0.15) is 0 Å². The third-order valence-corrected chi connectivity index (χ3v) is 1.65. The summed E-state index contributed by atoms with van der Waals surface area (Å²) in [7, 11) is 0. The quantitative estimate of drug-likeness (QED) is 0.527. The monoisotopic (exact) mass is 163 g/mol. The van der Waals surface area contributed by atoms with E-state index in [2.05, 4.69) is 9.98 Å². The van der Waals surface area contributed by atoms with Crippen molar-refractivity contribution in [3.8, 4) is 0 Å². The van der Waals surface area contributed by atoms with Crippen LogP contribution in [0.2, 0.25) is 0 Å². The second-order valence-electron chi connectivity index (χ2n) is 2.76. The second kappa shape index (κ2) is 3.85. The van der Waals surface area contributed by atoms with Crippen LogP contribution in [-0.2, 0) is 6.54 Å². The van der Waals surface area contributed by atoms with E-state index in [-0.39, 0.29) is 0 Å². The van der Waals surface area contributed by atoms with Crippen LogP contribution < -0.4 is 5.73 Å². The van der Waals surface area contributed by atoms with Gasteiger partial charge in [0.25, 0.3) is 0 Å². The number of aliphatic imine (C=N–C) groups is 1. The Labute approximate surface area is 72.3 Å². The molecule has 0 bridgehead atoms. The summed E-state index contributed by atoms with van der Waals surface area (Å²) in [5.41, 5.74) is 7.75. The van der Waals surface area contributed by atoms with Gasteiger partial charge in [-0.25, -0.2) is 0 Å². The number of aromatic nitrogens is 1. The molecule has 3 nitrogen and oxygen atoms in total. The first-order valence-corrected chi connectivity index (χ1v) is 3.86. The fraction of sp³-hybridized carbons (Fsp3) is 0.333. The van der Waals surface area contributed by atoms with Crippen molar-refractivity contribution >= 4 is 5.84 Å². The van der Waals surface area contributed by atoms with Crippen LogP contribution in [0.4, 0.5) is 0 Å². The number of hydrogen-bond donors (Lipinski definition) is 1. The summed E-state index contributed by atoms with van der Waals surface area (Å²) in [6.45, 7) is 4.45. The Kier molecular flexibility index (Phi) is 2.80. The Morgan fingerprint density at radius 3 is 3.00 bits per heavy atom. The summed E-state index contributed by atoms with van der Waals surface area (Å²) in [5.74, 6) is 0.609. The van der Waals surface area contributed by atoms with Crippen molar-refractivity contribution in [1.29, 1.82) is 0 Å². The van der Waals surface area contributed by atoms with E-state index in [1.807, 2.05) is 19.2 Å². The lowest BCUT2D eigenvalue weighted by atomic mass is 10.2. The molecule has 1 heterocycles. The SMILES string of the molecule is CC(N)=NCc1cnccc1C. The van der Waals surface area contributed by atoms with Gasteiger partial charge in [-0.1, -0.05) is 0 Å². The van der Waals surface area contributed by atoms with Gasteiger partial charge in [0.05, 0.1) is 12.4 Å². The summed E-state index contributed by atoms with van der Waals surface area (Å²) in [5, 5.41) is 0. The number of pyridine rings is 1. The van der Waals surface area contributed by atoms with Gasteiger partial charge >= 0.3 is 0 Å². The van der Waals surface area contributed by atoms with Gasteiger partial charge in [-0.3, -0.25) is 9.98 Å². The number of amidine groups is 1. The molecule has 0 aliphatic rings. The van der Waals surface area contributed by atoms with Crippen molar-refractivity contribution in [1.82, 2.24) is 4.98 Å². The van der Waals surface area contributed by atoms with Crippen molar-refractivity contribution in [3.05, 3.63) is 29.6 Å². The third-order valence-electron chi connectivity index (χ3n) is 1.65. The maximum Gasteiger partial charge on any atom is 0.0909 e. The lowest BCUT2D eigenvalue weighted by Gasteiger charge is -2.00. The van der Waals surface area contributed by atoms with E-state index in [9.17, 15) is 0 Å². The molecule has 0 fully saturated rings. The van der Waals surface area contributed by atoms with Gasteiger partial charge in [0, 0.05) is 12.4 Å². The molecule has 0 aliphatic heterocycles. The Morgan fingerprint density at radius 2 is 2.42 bits per heavy atom. The standard InChI is InChI=1S/C9H13N3/c1-7-3-4-11-5-9(7)6-12-8(2)10/h3-5H,6H2,1-2H3,(H2,10,12). The predicted octanol–water partition coefficient (Wildman–Crippen LogP) is 1.27. The molecule has 0 radical (unpaired) electrons. The topological polar surface area (TPSA) is 51.3 Å². The fourth-order valence-electron chi connectivity index (χ4n) is 0.872. The van der Waals surface area contributed by atoms with Gasteiger partial charge in [0.1, 0.15) is 0 Å². The number of nitrogens with zero attached hydrogens (tertiary/aromatic N) is 2. The number of nitrogens with two attached hydrogens (primary N) is 1. The maximum atomic E-state index is 5.42. The van der Waals surface area contributed by atoms with Crippen LogP contribution in [0.3, 0.4) is 0 Å². The van der Waals surface area contributed by atoms with Crippen LogP contribution in [0.15, 0.2) is 23.5 Å². The van der Waals surface area contributed by atoms with Crippen molar-refractivity contribution in [2.45, 2.75) is 20.4 Å². The van der Waals surface area contributed by atoms with E-state index in [0.29, 0.717) is 12.4 Å². The van der Waals surface area contributed by atoms with Crippen molar-refractivity contribution in [2.75, 3.05) is 0 Å².